The van der Waals surface area contributed by atoms with E-state index >= 15 is 0 Å². The summed E-state index contributed by atoms with van der Waals surface area (Å²) in [6.07, 6.45) is 1.21. The van der Waals surface area contributed by atoms with Crippen molar-refractivity contribution in [2.24, 2.45) is 0 Å². The van der Waals surface area contributed by atoms with Crippen molar-refractivity contribution in [1.82, 2.24) is 16.0 Å². The lowest BCUT2D eigenvalue weighted by Crippen LogP contribution is -2.56. The highest BCUT2D eigenvalue weighted by Gasteiger charge is 2.28. The normalized spacial score (nSPS) is 18.0. The second-order valence-electron chi connectivity index (χ2n) is 8.04. The Balaban J connectivity index is 1.40. The monoisotopic (exact) mass is 454 g/mol. The molecule has 8 heteroatoms. The third-order valence-corrected chi connectivity index (χ3v) is 6.02. The molecule has 1 saturated heterocycles. The molecule has 4 N–H and O–H groups in total. The van der Waals surface area contributed by atoms with Crippen molar-refractivity contribution >= 4 is 35.2 Å². The van der Waals surface area contributed by atoms with E-state index in [2.05, 4.69) is 21.3 Å². The standard InChI is InChI=1S/C24H30N4O3S/c1-16-10-17(2)12-19(11-16)26-23(31)15-32-24-27-20(14-22(30)28-24)13-21(29)25-9-8-18-6-4-3-5-7-18/h3-7,10-12,20,24,27H,8-9,13-15H2,1-2H3,(H,25,29)(H,26,31)(H,28,30). The topological polar surface area (TPSA) is 99.3 Å². The van der Waals surface area contributed by atoms with Crippen LogP contribution in [-0.2, 0) is 20.8 Å². The van der Waals surface area contributed by atoms with Crippen LogP contribution in [0, 0.1) is 13.8 Å². The van der Waals surface area contributed by atoms with Gasteiger partial charge in [-0.25, -0.2) is 0 Å². The van der Waals surface area contributed by atoms with Crippen molar-refractivity contribution in [3.8, 4) is 0 Å². The average molecular weight is 455 g/mol. The number of hydrogen-bond acceptors (Lipinski definition) is 5. The summed E-state index contributed by atoms with van der Waals surface area (Å²) in [6.45, 7) is 4.52. The molecule has 2 unspecified atom stereocenters. The number of hydrogen-bond donors (Lipinski definition) is 4. The van der Waals surface area contributed by atoms with Crippen molar-refractivity contribution in [1.29, 1.82) is 0 Å². The first-order chi connectivity index (χ1) is 15.4. The molecule has 3 rings (SSSR count). The van der Waals surface area contributed by atoms with Gasteiger partial charge in [-0.3, -0.25) is 19.7 Å². The summed E-state index contributed by atoms with van der Waals surface area (Å²) in [5.74, 6) is -0.180. The Morgan fingerprint density at radius 1 is 1.06 bits per heavy atom. The molecule has 0 spiro atoms. The molecular formula is C24H30N4O3S. The molecule has 32 heavy (non-hydrogen) atoms. The van der Waals surface area contributed by atoms with Gasteiger partial charge >= 0.3 is 0 Å². The van der Waals surface area contributed by atoms with Crippen LogP contribution in [-0.4, -0.2) is 41.6 Å². The molecule has 1 fully saturated rings. The van der Waals surface area contributed by atoms with E-state index in [0.717, 1.165) is 23.2 Å². The van der Waals surface area contributed by atoms with Gasteiger partial charge in [-0.1, -0.05) is 36.4 Å². The molecule has 1 heterocycles. The van der Waals surface area contributed by atoms with Gasteiger partial charge < -0.3 is 16.0 Å². The molecule has 2 aromatic carbocycles. The molecule has 2 atom stereocenters. The first-order valence-electron chi connectivity index (χ1n) is 10.7. The van der Waals surface area contributed by atoms with E-state index in [1.165, 1.54) is 17.3 Å². The lowest BCUT2D eigenvalue weighted by molar-refractivity contribution is -0.125. The largest absolute Gasteiger partial charge is 0.356 e. The number of rotatable bonds is 9. The van der Waals surface area contributed by atoms with E-state index < -0.39 is 5.50 Å². The van der Waals surface area contributed by atoms with Gasteiger partial charge in [0.25, 0.3) is 0 Å². The van der Waals surface area contributed by atoms with Gasteiger partial charge in [0.2, 0.25) is 17.7 Å². The summed E-state index contributed by atoms with van der Waals surface area (Å²) in [5, 5.41) is 11.9. The van der Waals surface area contributed by atoms with Crippen LogP contribution in [0.2, 0.25) is 0 Å². The van der Waals surface area contributed by atoms with E-state index in [-0.39, 0.29) is 42.4 Å². The molecule has 1 aliphatic heterocycles. The molecule has 170 valence electrons. The highest BCUT2D eigenvalue weighted by molar-refractivity contribution is 8.00. The fraction of sp³-hybridized carbons (Fsp3) is 0.375. The molecule has 0 radical (unpaired) electrons. The number of benzene rings is 2. The maximum atomic E-state index is 12.3. The third kappa shape index (κ3) is 8.01. The van der Waals surface area contributed by atoms with Crippen LogP contribution < -0.4 is 21.3 Å². The minimum absolute atomic E-state index is 0.0931. The lowest BCUT2D eigenvalue weighted by atomic mass is 10.1. The Kier molecular flexibility index (Phi) is 8.70. The predicted octanol–water partition coefficient (Wildman–Crippen LogP) is 2.49. The van der Waals surface area contributed by atoms with Gasteiger partial charge in [-0.05, 0) is 49.1 Å². The van der Waals surface area contributed by atoms with Crippen molar-refractivity contribution in [2.75, 3.05) is 17.6 Å². The molecular weight excluding hydrogens is 424 g/mol. The fourth-order valence-corrected chi connectivity index (χ4v) is 4.55. The Morgan fingerprint density at radius 3 is 2.50 bits per heavy atom. The van der Waals surface area contributed by atoms with Gasteiger partial charge in [0, 0.05) is 31.1 Å². The van der Waals surface area contributed by atoms with Crippen LogP contribution in [0.15, 0.2) is 48.5 Å². The molecule has 1 aliphatic rings. The number of carbonyl (C=O) groups excluding carboxylic acids is 3. The molecule has 7 nitrogen and oxygen atoms in total. The predicted molar refractivity (Wildman–Crippen MR) is 128 cm³/mol. The van der Waals surface area contributed by atoms with E-state index in [1.54, 1.807) is 0 Å². The number of aryl methyl sites for hydroxylation is 2. The Bertz CT molecular complexity index is 931. The van der Waals surface area contributed by atoms with Crippen molar-refractivity contribution < 1.29 is 14.4 Å². The van der Waals surface area contributed by atoms with Crippen molar-refractivity contribution in [3.63, 3.8) is 0 Å². The number of amides is 3. The summed E-state index contributed by atoms with van der Waals surface area (Å²) in [6, 6.07) is 15.6. The van der Waals surface area contributed by atoms with Gasteiger partial charge in [-0.2, -0.15) is 0 Å². The van der Waals surface area contributed by atoms with E-state index in [0.29, 0.717) is 6.54 Å². The number of carbonyl (C=O) groups is 3. The zero-order valence-corrected chi connectivity index (χ0v) is 19.3. The first-order valence-corrected chi connectivity index (χ1v) is 11.8. The highest BCUT2D eigenvalue weighted by Crippen LogP contribution is 2.17. The summed E-state index contributed by atoms with van der Waals surface area (Å²) < 4.78 is 0. The van der Waals surface area contributed by atoms with Gasteiger partial charge in [0.05, 0.1) is 5.75 Å². The summed E-state index contributed by atoms with van der Waals surface area (Å²) in [5.41, 5.74) is 3.68. The van der Waals surface area contributed by atoms with Gasteiger partial charge in [0.1, 0.15) is 5.50 Å². The SMILES string of the molecule is Cc1cc(C)cc(NC(=O)CSC2NC(=O)CC(CC(=O)NCCc3ccccc3)N2)c1. The third-order valence-electron chi connectivity index (χ3n) is 5.01. The van der Waals surface area contributed by atoms with Crippen LogP contribution in [0.5, 0.6) is 0 Å². The van der Waals surface area contributed by atoms with E-state index in [4.69, 9.17) is 0 Å². The lowest BCUT2D eigenvalue weighted by Gasteiger charge is -2.30. The fourth-order valence-electron chi connectivity index (χ4n) is 3.65. The van der Waals surface area contributed by atoms with Crippen LogP contribution in [0.3, 0.4) is 0 Å². The summed E-state index contributed by atoms with van der Waals surface area (Å²) in [4.78, 5) is 36.7. The maximum Gasteiger partial charge on any atom is 0.234 e. The second-order valence-corrected chi connectivity index (χ2v) is 9.13. The number of thioether (sulfide) groups is 1. The smallest absolute Gasteiger partial charge is 0.234 e. The molecule has 0 aliphatic carbocycles. The minimum Gasteiger partial charge on any atom is -0.356 e. The molecule has 0 aromatic heterocycles. The summed E-state index contributed by atoms with van der Waals surface area (Å²) >= 11 is 1.30. The van der Waals surface area contributed by atoms with E-state index in [9.17, 15) is 14.4 Å². The highest BCUT2D eigenvalue weighted by atomic mass is 32.2. The van der Waals surface area contributed by atoms with Gasteiger partial charge in [0.15, 0.2) is 0 Å². The zero-order valence-electron chi connectivity index (χ0n) is 18.4. The van der Waals surface area contributed by atoms with Gasteiger partial charge in [-0.15, -0.1) is 11.8 Å². The molecule has 0 bridgehead atoms. The second kappa shape index (κ2) is 11.7. The minimum atomic E-state index is -0.414. The Hall–Kier alpha value is -2.84. The van der Waals surface area contributed by atoms with Crippen molar-refractivity contribution in [2.45, 2.75) is 44.6 Å². The van der Waals surface area contributed by atoms with E-state index in [1.807, 2.05) is 62.4 Å². The first kappa shape index (κ1) is 23.8. The van der Waals surface area contributed by atoms with Crippen LogP contribution >= 0.6 is 11.8 Å². The number of nitrogens with one attached hydrogen (secondary N) is 4. The average Bonchev–Trinajstić information content (AvgIpc) is 2.72. The zero-order chi connectivity index (χ0) is 22.9. The quantitative estimate of drug-likeness (QED) is 0.467. The van der Waals surface area contributed by atoms with Crippen LogP contribution in [0.1, 0.15) is 29.5 Å². The molecule has 3 amide bonds. The Labute approximate surface area is 193 Å². The summed E-state index contributed by atoms with van der Waals surface area (Å²) in [7, 11) is 0. The molecule has 0 saturated carbocycles. The Morgan fingerprint density at radius 2 is 1.78 bits per heavy atom. The van der Waals surface area contributed by atoms with Crippen LogP contribution in [0.4, 0.5) is 5.69 Å². The van der Waals surface area contributed by atoms with Crippen molar-refractivity contribution in [3.05, 3.63) is 65.2 Å². The van der Waals surface area contributed by atoms with Crippen LogP contribution in [0.25, 0.3) is 0 Å². The molecule has 2 aromatic rings. The number of anilines is 1. The maximum absolute atomic E-state index is 12.3.